The Labute approximate surface area is 124 Å². The van der Waals surface area contributed by atoms with Crippen molar-refractivity contribution >= 4 is 23.5 Å². The van der Waals surface area contributed by atoms with Gasteiger partial charge in [0.25, 0.3) is 0 Å². The number of aromatic nitrogens is 2. The summed E-state index contributed by atoms with van der Waals surface area (Å²) in [4.78, 5) is 9.69. The minimum absolute atomic E-state index is 0.305. The Hall–Kier alpha value is -1.75. The first-order valence-corrected chi connectivity index (χ1v) is 7.53. The van der Waals surface area contributed by atoms with Gasteiger partial charge in [-0.3, -0.25) is 0 Å². The molecule has 0 fully saturated rings. The van der Waals surface area contributed by atoms with E-state index in [0.717, 1.165) is 23.8 Å². The standard InChI is InChI=1S/C15H20N4S/c1-4-7-17-13-9-14(19-15(16)18-13)20-12-8-10(2)5-6-11(12)3/h5-6,8-9H,4,7H2,1-3H3,(H3,16,17,18,19). The number of hydrogen-bond donors (Lipinski definition) is 2. The Morgan fingerprint density at radius 2 is 2.00 bits per heavy atom. The van der Waals surface area contributed by atoms with E-state index in [1.807, 2.05) is 6.07 Å². The van der Waals surface area contributed by atoms with E-state index >= 15 is 0 Å². The van der Waals surface area contributed by atoms with Crippen molar-refractivity contribution in [3.05, 3.63) is 35.4 Å². The molecule has 106 valence electrons. The summed E-state index contributed by atoms with van der Waals surface area (Å²) in [6.07, 6.45) is 1.05. The van der Waals surface area contributed by atoms with E-state index < -0.39 is 0 Å². The zero-order valence-electron chi connectivity index (χ0n) is 12.1. The van der Waals surface area contributed by atoms with Crippen molar-refractivity contribution in [2.45, 2.75) is 37.1 Å². The zero-order chi connectivity index (χ0) is 14.5. The molecule has 4 nitrogen and oxygen atoms in total. The van der Waals surface area contributed by atoms with Gasteiger partial charge in [0.15, 0.2) is 0 Å². The average Bonchev–Trinajstić information content (AvgIpc) is 2.40. The van der Waals surface area contributed by atoms with Crippen LogP contribution in [0.1, 0.15) is 24.5 Å². The number of nitrogens with one attached hydrogen (secondary N) is 1. The van der Waals surface area contributed by atoms with E-state index in [1.54, 1.807) is 11.8 Å². The first-order chi connectivity index (χ1) is 9.58. The second-order valence-electron chi connectivity index (χ2n) is 4.75. The first-order valence-electron chi connectivity index (χ1n) is 6.72. The molecule has 0 aliphatic carbocycles. The Balaban J connectivity index is 2.24. The van der Waals surface area contributed by atoms with Crippen molar-refractivity contribution in [2.24, 2.45) is 0 Å². The number of hydrogen-bond acceptors (Lipinski definition) is 5. The maximum atomic E-state index is 5.78. The third-order valence-electron chi connectivity index (χ3n) is 2.83. The molecule has 2 rings (SSSR count). The van der Waals surface area contributed by atoms with Crippen LogP contribution in [0.25, 0.3) is 0 Å². The highest BCUT2D eigenvalue weighted by Gasteiger charge is 2.06. The van der Waals surface area contributed by atoms with Gasteiger partial charge in [0.2, 0.25) is 5.95 Å². The molecule has 1 heterocycles. The molecule has 0 amide bonds. The van der Waals surface area contributed by atoms with Gasteiger partial charge in [-0.25, -0.2) is 4.98 Å². The number of benzene rings is 1. The molecular formula is C15H20N4S. The van der Waals surface area contributed by atoms with E-state index in [9.17, 15) is 0 Å². The van der Waals surface area contributed by atoms with Gasteiger partial charge in [0.05, 0.1) is 0 Å². The average molecular weight is 288 g/mol. The maximum absolute atomic E-state index is 5.78. The zero-order valence-corrected chi connectivity index (χ0v) is 12.9. The summed E-state index contributed by atoms with van der Waals surface area (Å²) in [5, 5.41) is 4.11. The lowest BCUT2D eigenvalue weighted by atomic mass is 10.2. The second kappa shape index (κ2) is 6.61. The molecule has 2 aromatic rings. The van der Waals surface area contributed by atoms with Crippen LogP contribution >= 0.6 is 11.8 Å². The number of rotatable bonds is 5. The highest BCUT2D eigenvalue weighted by molar-refractivity contribution is 7.99. The van der Waals surface area contributed by atoms with Crippen molar-refractivity contribution in [2.75, 3.05) is 17.6 Å². The van der Waals surface area contributed by atoms with Crippen LogP contribution in [0.5, 0.6) is 0 Å². The van der Waals surface area contributed by atoms with Crippen molar-refractivity contribution in [3.63, 3.8) is 0 Å². The molecule has 20 heavy (non-hydrogen) atoms. The highest BCUT2D eigenvalue weighted by Crippen LogP contribution is 2.31. The van der Waals surface area contributed by atoms with Crippen LogP contribution in [-0.2, 0) is 0 Å². The molecule has 0 aliphatic rings. The van der Waals surface area contributed by atoms with Gasteiger partial charge < -0.3 is 11.1 Å². The SMILES string of the molecule is CCCNc1cc(Sc2cc(C)ccc2C)nc(N)n1. The highest BCUT2D eigenvalue weighted by atomic mass is 32.2. The minimum atomic E-state index is 0.305. The predicted octanol–water partition coefficient (Wildman–Crippen LogP) is 3.65. The maximum Gasteiger partial charge on any atom is 0.223 e. The van der Waals surface area contributed by atoms with E-state index in [-0.39, 0.29) is 0 Å². The summed E-state index contributed by atoms with van der Waals surface area (Å²) in [7, 11) is 0. The molecule has 1 aromatic carbocycles. The first kappa shape index (κ1) is 14.7. The summed E-state index contributed by atoms with van der Waals surface area (Å²) < 4.78 is 0. The Kier molecular flexibility index (Phi) is 4.84. The molecule has 1 aromatic heterocycles. The lowest BCUT2D eigenvalue weighted by molar-refractivity contribution is 0.957. The topological polar surface area (TPSA) is 63.8 Å². The number of nitrogen functional groups attached to an aromatic ring is 1. The summed E-state index contributed by atoms with van der Waals surface area (Å²) in [6, 6.07) is 8.34. The molecule has 0 radical (unpaired) electrons. The van der Waals surface area contributed by atoms with Gasteiger partial charge in [-0.1, -0.05) is 30.8 Å². The van der Waals surface area contributed by atoms with Gasteiger partial charge in [-0.05, 0) is 37.5 Å². The molecule has 0 atom stereocenters. The number of aryl methyl sites for hydroxylation is 2. The van der Waals surface area contributed by atoms with Gasteiger partial charge >= 0.3 is 0 Å². The second-order valence-corrected chi connectivity index (χ2v) is 5.81. The lowest BCUT2D eigenvalue weighted by Crippen LogP contribution is -2.05. The van der Waals surface area contributed by atoms with Crippen LogP contribution in [0, 0.1) is 13.8 Å². The molecule has 5 heteroatoms. The number of nitrogens with zero attached hydrogens (tertiary/aromatic N) is 2. The molecule has 0 aliphatic heterocycles. The van der Waals surface area contributed by atoms with E-state index in [2.05, 4.69) is 54.3 Å². The quantitative estimate of drug-likeness (QED) is 0.822. The number of nitrogens with two attached hydrogens (primary N) is 1. The van der Waals surface area contributed by atoms with Crippen LogP contribution in [0.15, 0.2) is 34.2 Å². The Bertz CT molecular complexity index is 598. The third-order valence-corrected chi connectivity index (χ3v) is 3.91. The smallest absolute Gasteiger partial charge is 0.223 e. The predicted molar refractivity (Wildman–Crippen MR) is 85.3 cm³/mol. The molecule has 0 bridgehead atoms. The van der Waals surface area contributed by atoms with Gasteiger partial charge in [0.1, 0.15) is 10.8 Å². The van der Waals surface area contributed by atoms with Crippen LogP contribution < -0.4 is 11.1 Å². The van der Waals surface area contributed by atoms with Crippen molar-refractivity contribution < 1.29 is 0 Å². The fourth-order valence-corrected chi connectivity index (χ4v) is 2.78. The summed E-state index contributed by atoms with van der Waals surface area (Å²) in [5.74, 6) is 1.09. The van der Waals surface area contributed by atoms with E-state index in [0.29, 0.717) is 5.95 Å². The monoisotopic (exact) mass is 288 g/mol. The summed E-state index contributed by atoms with van der Waals surface area (Å²) >= 11 is 1.62. The van der Waals surface area contributed by atoms with Crippen molar-refractivity contribution in [1.29, 1.82) is 0 Å². The van der Waals surface area contributed by atoms with Gasteiger partial charge in [-0.15, -0.1) is 0 Å². The molecule has 0 unspecified atom stereocenters. The van der Waals surface area contributed by atoms with Crippen LogP contribution in [0.2, 0.25) is 0 Å². The number of anilines is 2. The van der Waals surface area contributed by atoms with Crippen molar-refractivity contribution in [3.8, 4) is 0 Å². The fraction of sp³-hybridized carbons (Fsp3) is 0.333. The van der Waals surface area contributed by atoms with Crippen LogP contribution in [0.4, 0.5) is 11.8 Å². The third kappa shape index (κ3) is 3.87. The molecule has 0 saturated carbocycles. The largest absolute Gasteiger partial charge is 0.370 e. The van der Waals surface area contributed by atoms with E-state index in [4.69, 9.17) is 5.73 Å². The normalized spacial score (nSPS) is 10.6. The van der Waals surface area contributed by atoms with E-state index in [1.165, 1.54) is 16.0 Å². The molecule has 0 saturated heterocycles. The molecule has 0 spiro atoms. The van der Waals surface area contributed by atoms with Crippen molar-refractivity contribution in [1.82, 2.24) is 9.97 Å². The lowest BCUT2D eigenvalue weighted by Gasteiger charge is -2.09. The molecule has 3 N–H and O–H groups in total. The molecular weight excluding hydrogens is 268 g/mol. The summed E-state index contributed by atoms with van der Waals surface area (Å²) in [6.45, 7) is 7.18. The van der Waals surface area contributed by atoms with Crippen LogP contribution in [-0.4, -0.2) is 16.5 Å². The Morgan fingerprint density at radius 3 is 2.75 bits per heavy atom. The Morgan fingerprint density at radius 1 is 1.20 bits per heavy atom. The minimum Gasteiger partial charge on any atom is -0.370 e. The van der Waals surface area contributed by atoms with Crippen LogP contribution in [0.3, 0.4) is 0 Å². The van der Waals surface area contributed by atoms with Gasteiger partial charge in [-0.2, -0.15) is 4.98 Å². The fourth-order valence-electron chi connectivity index (χ4n) is 1.77. The summed E-state index contributed by atoms with van der Waals surface area (Å²) in [5.41, 5.74) is 8.25. The van der Waals surface area contributed by atoms with Gasteiger partial charge in [0, 0.05) is 17.5 Å².